The van der Waals surface area contributed by atoms with Crippen molar-refractivity contribution >= 4 is 5.69 Å². The normalized spacial score (nSPS) is 11.4. The fourth-order valence-electron chi connectivity index (χ4n) is 1.61. The molecular weight excluding hydrogens is 274 g/mol. The molecule has 2 aromatic rings. The molecule has 0 bridgehead atoms. The first-order valence-corrected chi connectivity index (χ1v) is 5.70. The van der Waals surface area contributed by atoms with Gasteiger partial charge in [0, 0.05) is 17.3 Å². The van der Waals surface area contributed by atoms with Crippen LogP contribution in [0.3, 0.4) is 0 Å². The summed E-state index contributed by atoms with van der Waals surface area (Å²) in [6.45, 7) is -0.173. The van der Waals surface area contributed by atoms with Crippen molar-refractivity contribution in [3.05, 3.63) is 59.4 Å². The molecule has 0 aliphatic heterocycles. The number of alkyl halides is 3. The molecule has 6 heteroatoms. The van der Waals surface area contributed by atoms with E-state index < -0.39 is 17.6 Å². The first-order valence-electron chi connectivity index (χ1n) is 5.70. The maximum atomic E-state index is 13.6. The topological polar surface area (TPSA) is 35.2 Å². The number of benzene rings is 2. The van der Waals surface area contributed by atoms with Crippen LogP contribution in [-0.2, 0) is 12.8 Å². The average molecular weight is 285 g/mol. The molecule has 0 heterocycles. The Morgan fingerprint density at radius 3 is 2.40 bits per heavy atom. The number of nitrogens with two attached hydrogens (primary N) is 1. The summed E-state index contributed by atoms with van der Waals surface area (Å²) in [5, 5.41) is 0. The molecule has 2 nitrogen and oxygen atoms in total. The number of rotatable bonds is 3. The Kier molecular flexibility index (Phi) is 3.83. The molecule has 2 aromatic carbocycles. The zero-order valence-electron chi connectivity index (χ0n) is 10.2. The molecule has 20 heavy (non-hydrogen) atoms. The van der Waals surface area contributed by atoms with Crippen LogP contribution >= 0.6 is 0 Å². The molecule has 0 atom stereocenters. The van der Waals surface area contributed by atoms with Gasteiger partial charge >= 0.3 is 6.18 Å². The molecule has 0 saturated carbocycles. The van der Waals surface area contributed by atoms with Gasteiger partial charge in [-0.15, -0.1) is 0 Å². The highest BCUT2D eigenvalue weighted by Crippen LogP contribution is 2.30. The summed E-state index contributed by atoms with van der Waals surface area (Å²) in [6, 6.07) is 8.82. The largest absolute Gasteiger partial charge is 0.489 e. The second-order valence-electron chi connectivity index (χ2n) is 4.17. The van der Waals surface area contributed by atoms with E-state index in [1.807, 2.05) is 0 Å². The molecular formula is C14H11F4NO. The van der Waals surface area contributed by atoms with Gasteiger partial charge < -0.3 is 10.5 Å². The van der Waals surface area contributed by atoms with Crippen molar-refractivity contribution < 1.29 is 22.3 Å². The van der Waals surface area contributed by atoms with Crippen LogP contribution in [0.5, 0.6) is 5.75 Å². The van der Waals surface area contributed by atoms with Gasteiger partial charge in [-0.3, -0.25) is 0 Å². The molecule has 0 radical (unpaired) electrons. The Morgan fingerprint density at radius 1 is 1.05 bits per heavy atom. The van der Waals surface area contributed by atoms with Crippen LogP contribution < -0.4 is 10.5 Å². The standard InChI is InChI=1S/C14H11F4NO/c15-13-6-10(14(16,17)18)5-4-9(13)8-20-12-3-1-2-11(19)7-12/h1-7H,8,19H2. The SMILES string of the molecule is Nc1cccc(OCc2ccc(C(F)(F)F)cc2F)c1. The van der Waals surface area contributed by atoms with E-state index in [4.69, 9.17) is 10.5 Å². The van der Waals surface area contributed by atoms with Gasteiger partial charge in [-0.25, -0.2) is 4.39 Å². The van der Waals surface area contributed by atoms with Crippen LogP contribution in [0.25, 0.3) is 0 Å². The number of hydrogen-bond donors (Lipinski definition) is 1. The summed E-state index contributed by atoms with van der Waals surface area (Å²) < 4.78 is 56.0. The van der Waals surface area contributed by atoms with E-state index in [0.29, 0.717) is 17.5 Å². The van der Waals surface area contributed by atoms with Crippen molar-refractivity contribution in [2.24, 2.45) is 0 Å². The van der Waals surface area contributed by atoms with E-state index in [1.165, 1.54) is 0 Å². The van der Waals surface area contributed by atoms with Gasteiger partial charge in [0.15, 0.2) is 0 Å². The van der Waals surface area contributed by atoms with E-state index in [0.717, 1.165) is 12.1 Å². The predicted octanol–water partition coefficient (Wildman–Crippen LogP) is 4.01. The van der Waals surface area contributed by atoms with Gasteiger partial charge in [-0.2, -0.15) is 13.2 Å². The average Bonchev–Trinajstić information content (AvgIpc) is 2.36. The predicted molar refractivity (Wildman–Crippen MR) is 66.6 cm³/mol. The molecule has 2 N–H and O–H groups in total. The van der Waals surface area contributed by atoms with E-state index in [1.54, 1.807) is 24.3 Å². The minimum Gasteiger partial charge on any atom is -0.489 e. The van der Waals surface area contributed by atoms with E-state index in [-0.39, 0.29) is 12.2 Å². The maximum absolute atomic E-state index is 13.6. The smallest absolute Gasteiger partial charge is 0.416 e. The molecule has 0 unspecified atom stereocenters. The van der Waals surface area contributed by atoms with Gasteiger partial charge in [0.25, 0.3) is 0 Å². The minimum absolute atomic E-state index is 0.0421. The van der Waals surface area contributed by atoms with Crippen LogP contribution in [0.4, 0.5) is 23.2 Å². The highest BCUT2D eigenvalue weighted by atomic mass is 19.4. The number of ether oxygens (including phenoxy) is 1. The Balaban J connectivity index is 2.11. The fourth-order valence-corrected chi connectivity index (χ4v) is 1.61. The summed E-state index contributed by atoms with van der Waals surface area (Å²) in [5.74, 6) is -0.534. The molecule has 0 aromatic heterocycles. The third-order valence-corrected chi connectivity index (χ3v) is 2.63. The van der Waals surface area contributed by atoms with Gasteiger partial charge in [-0.05, 0) is 24.3 Å². The molecule has 0 fully saturated rings. The second kappa shape index (κ2) is 5.40. The summed E-state index contributed by atoms with van der Waals surface area (Å²) in [5.41, 5.74) is 5.04. The van der Waals surface area contributed by atoms with Crippen molar-refractivity contribution in [2.45, 2.75) is 12.8 Å². The number of hydrogen-bond acceptors (Lipinski definition) is 2. The van der Waals surface area contributed by atoms with Gasteiger partial charge in [0.05, 0.1) is 5.56 Å². The molecule has 106 valence electrons. The summed E-state index contributed by atoms with van der Waals surface area (Å²) in [7, 11) is 0. The Labute approximate surface area is 112 Å². The van der Waals surface area contributed by atoms with Crippen molar-refractivity contribution in [3.63, 3.8) is 0 Å². The Bertz CT molecular complexity index is 610. The fraction of sp³-hybridized carbons (Fsp3) is 0.143. The van der Waals surface area contributed by atoms with Crippen LogP contribution in [0.15, 0.2) is 42.5 Å². The summed E-state index contributed by atoms with van der Waals surface area (Å²) >= 11 is 0. The highest BCUT2D eigenvalue weighted by Gasteiger charge is 2.31. The van der Waals surface area contributed by atoms with Crippen molar-refractivity contribution in [2.75, 3.05) is 5.73 Å². The van der Waals surface area contributed by atoms with Gasteiger partial charge in [0.2, 0.25) is 0 Å². The first kappa shape index (κ1) is 14.2. The molecule has 2 rings (SSSR count). The molecule has 0 aliphatic rings. The lowest BCUT2D eigenvalue weighted by molar-refractivity contribution is -0.137. The molecule has 0 spiro atoms. The number of anilines is 1. The van der Waals surface area contributed by atoms with E-state index in [2.05, 4.69) is 0 Å². The third kappa shape index (κ3) is 3.40. The lowest BCUT2D eigenvalue weighted by atomic mass is 10.1. The van der Waals surface area contributed by atoms with E-state index in [9.17, 15) is 17.6 Å². The summed E-state index contributed by atoms with van der Waals surface area (Å²) in [6.07, 6.45) is -4.56. The van der Waals surface area contributed by atoms with Crippen LogP contribution in [0, 0.1) is 5.82 Å². The van der Waals surface area contributed by atoms with Crippen molar-refractivity contribution in [3.8, 4) is 5.75 Å². The highest BCUT2D eigenvalue weighted by molar-refractivity contribution is 5.43. The van der Waals surface area contributed by atoms with Crippen molar-refractivity contribution in [1.29, 1.82) is 0 Å². The minimum atomic E-state index is -4.56. The van der Waals surface area contributed by atoms with E-state index >= 15 is 0 Å². The van der Waals surface area contributed by atoms with Crippen LogP contribution in [0.1, 0.15) is 11.1 Å². The quantitative estimate of drug-likeness (QED) is 0.683. The third-order valence-electron chi connectivity index (χ3n) is 2.63. The number of nitrogen functional groups attached to an aromatic ring is 1. The zero-order chi connectivity index (χ0) is 14.8. The van der Waals surface area contributed by atoms with Crippen molar-refractivity contribution in [1.82, 2.24) is 0 Å². The van der Waals surface area contributed by atoms with Gasteiger partial charge in [-0.1, -0.05) is 12.1 Å². The molecule has 0 aliphatic carbocycles. The second-order valence-corrected chi connectivity index (χ2v) is 4.17. The van der Waals surface area contributed by atoms with Crippen LogP contribution in [-0.4, -0.2) is 0 Å². The Morgan fingerprint density at radius 2 is 1.80 bits per heavy atom. The molecule has 0 saturated heterocycles. The molecule has 0 amide bonds. The lowest BCUT2D eigenvalue weighted by Crippen LogP contribution is -2.07. The Hall–Kier alpha value is -2.24. The monoisotopic (exact) mass is 285 g/mol. The van der Waals surface area contributed by atoms with Crippen LogP contribution in [0.2, 0.25) is 0 Å². The lowest BCUT2D eigenvalue weighted by Gasteiger charge is -2.10. The zero-order valence-corrected chi connectivity index (χ0v) is 10.2. The summed E-state index contributed by atoms with van der Waals surface area (Å²) in [4.78, 5) is 0. The maximum Gasteiger partial charge on any atom is 0.416 e. The number of halogens is 4. The van der Waals surface area contributed by atoms with Gasteiger partial charge in [0.1, 0.15) is 18.2 Å². The first-order chi connectivity index (χ1) is 9.36.